The maximum atomic E-state index is 5.93. The van der Waals surface area contributed by atoms with E-state index in [9.17, 15) is 0 Å². The Morgan fingerprint density at radius 1 is 1.28 bits per heavy atom. The smallest absolute Gasteiger partial charge is 0.218 e. The van der Waals surface area contributed by atoms with E-state index in [1.165, 1.54) is 0 Å². The van der Waals surface area contributed by atoms with Crippen LogP contribution in [0.15, 0.2) is 42.6 Å². The number of hydrogen-bond acceptors (Lipinski definition) is 3. The quantitative estimate of drug-likeness (QED) is 0.899. The first kappa shape index (κ1) is 12.9. The van der Waals surface area contributed by atoms with Gasteiger partial charge in [0, 0.05) is 23.3 Å². The van der Waals surface area contributed by atoms with Crippen molar-refractivity contribution in [3.8, 4) is 5.88 Å². The van der Waals surface area contributed by atoms with Gasteiger partial charge in [-0.05, 0) is 30.8 Å². The van der Waals surface area contributed by atoms with Crippen molar-refractivity contribution < 1.29 is 4.74 Å². The number of ether oxygens (including phenoxy) is 1. The summed E-state index contributed by atoms with van der Waals surface area (Å²) in [5.74, 6) is 0.659. The molecule has 0 aliphatic rings. The molecule has 0 radical (unpaired) electrons. The number of nitrogens with zero attached hydrogens (tertiary/aromatic N) is 1. The zero-order valence-corrected chi connectivity index (χ0v) is 10.9. The molecule has 18 heavy (non-hydrogen) atoms. The van der Waals surface area contributed by atoms with E-state index >= 15 is 0 Å². The lowest BCUT2D eigenvalue weighted by molar-refractivity contribution is 0.290. The molecule has 2 rings (SSSR count). The zero-order chi connectivity index (χ0) is 12.8. The van der Waals surface area contributed by atoms with Gasteiger partial charge in [0.15, 0.2) is 0 Å². The van der Waals surface area contributed by atoms with Gasteiger partial charge in [-0.25, -0.2) is 4.98 Å². The van der Waals surface area contributed by atoms with E-state index in [0.29, 0.717) is 17.5 Å². The number of halogens is 1. The summed E-state index contributed by atoms with van der Waals surface area (Å²) in [5, 5.41) is 3.81. The van der Waals surface area contributed by atoms with Crippen molar-refractivity contribution in [1.82, 2.24) is 10.3 Å². The summed E-state index contributed by atoms with van der Waals surface area (Å²) in [4.78, 5) is 4.24. The summed E-state index contributed by atoms with van der Waals surface area (Å²) in [6.07, 6.45) is 1.73. The second kappa shape index (κ2) is 6.38. The minimum atomic E-state index is 0.467. The Hall–Kier alpha value is -1.58. The molecule has 0 saturated carbocycles. The van der Waals surface area contributed by atoms with Crippen LogP contribution in [-0.4, -0.2) is 12.0 Å². The first-order chi connectivity index (χ1) is 8.79. The monoisotopic (exact) mass is 262 g/mol. The molecular weight excluding hydrogens is 248 g/mol. The van der Waals surface area contributed by atoms with E-state index in [4.69, 9.17) is 16.3 Å². The topological polar surface area (TPSA) is 34.2 Å². The van der Waals surface area contributed by atoms with Crippen molar-refractivity contribution in [1.29, 1.82) is 0 Å². The van der Waals surface area contributed by atoms with Crippen LogP contribution in [0.25, 0.3) is 0 Å². The Morgan fingerprint density at radius 2 is 2.17 bits per heavy atom. The van der Waals surface area contributed by atoms with Crippen LogP contribution in [0.4, 0.5) is 0 Å². The molecule has 0 bridgehead atoms. The summed E-state index contributed by atoms with van der Waals surface area (Å²) >= 11 is 5.93. The lowest BCUT2D eigenvalue weighted by Crippen LogP contribution is -2.08. The molecule has 1 aromatic heterocycles. The normalized spacial score (nSPS) is 10.3. The van der Waals surface area contributed by atoms with Gasteiger partial charge in [0.2, 0.25) is 5.88 Å². The fraction of sp³-hybridized carbons (Fsp3) is 0.214. The van der Waals surface area contributed by atoms with Crippen LogP contribution in [0, 0.1) is 0 Å². The zero-order valence-electron chi connectivity index (χ0n) is 10.2. The number of rotatable bonds is 5. The third-order valence-corrected chi connectivity index (χ3v) is 2.72. The van der Waals surface area contributed by atoms with Crippen molar-refractivity contribution in [3.63, 3.8) is 0 Å². The first-order valence-electron chi connectivity index (χ1n) is 5.75. The highest BCUT2D eigenvalue weighted by atomic mass is 35.5. The van der Waals surface area contributed by atoms with E-state index in [1.54, 1.807) is 6.20 Å². The highest BCUT2D eigenvalue weighted by Crippen LogP contribution is 2.17. The number of aromatic nitrogens is 1. The Balaban J connectivity index is 2.06. The standard InChI is InChI=1S/C14H15ClN2O/c1-16-9-12-5-3-7-17-14(12)18-10-11-4-2-6-13(15)8-11/h2-8,16H,9-10H2,1H3. The van der Waals surface area contributed by atoms with Gasteiger partial charge in [-0.3, -0.25) is 0 Å². The average Bonchev–Trinajstić information content (AvgIpc) is 2.38. The third kappa shape index (κ3) is 3.45. The summed E-state index contributed by atoms with van der Waals surface area (Å²) in [5.41, 5.74) is 2.07. The molecule has 0 fully saturated rings. The third-order valence-electron chi connectivity index (χ3n) is 2.48. The van der Waals surface area contributed by atoms with Crippen molar-refractivity contribution in [2.75, 3.05) is 7.05 Å². The molecule has 0 saturated heterocycles. The molecule has 0 amide bonds. The highest BCUT2D eigenvalue weighted by molar-refractivity contribution is 6.30. The van der Waals surface area contributed by atoms with E-state index in [2.05, 4.69) is 10.3 Å². The molecule has 0 atom stereocenters. The number of benzene rings is 1. The molecule has 0 spiro atoms. The van der Waals surface area contributed by atoms with Crippen LogP contribution in [0.2, 0.25) is 5.02 Å². The molecule has 94 valence electrons. The van der Waals surface area contributed by atoms with Crippen molar-refractivity contribution in [3.05, 3.63) is 58.7 Å². The molecule has 2 aromatic rings. The van der Waals surface area contributed by atoms with Crippen LogP contribution in [0.3, 0.4) is 0 Å². The Kier molecular flexibility index (Phi) is 4.56. The van der Waals surface area contributed by atoms with E-state index in [1.807, 2.05) is 43.4 Å². The molecule has 1 aromatic carbocycles. The second-order valence-corrected chi connectivity index (χ2v) is 4.35. The van der Waals surface area contributed by atoms with Crippen LogP contribution in [0.1, 0.15) is 11.1 Å². The predicted octanol–water partition coefficient (Wildman–Crippen LogP) is 3.03. The van der Waals surface area contributed by atoms with E-state index in [-0.39, 0.29) is 0 Å². The SMILES string of the molecule is CNCc1cccnc1OCc1cccc(Cl)c1. The molecule has 3 nitrogen and oxygen atoms in total. The Bertz CT molecular complexity index is 517. The second-order valence-electron chi connectivity index (χ2n) is 3.92. The fourth-order valence-electron chi connectivity index (χ4n) is 1.66. The van der Waals surface area contributed by atoms with Gasteiger partial charge in [0.25, 0.3) is 0 Å². The molecular formula is C14H15ClN2O. The van der Waals surface area contributed by atoms with Gasteiger partial charge in [0.1, 0.15) is 6.61 Å². The maximum Gasteiger partial charge on any atom is 0.218 e. The molecule has 1 heterocycles. The summed E-state index contributed by atoms with van der Waals surface area (Å²) < 4.78 is 5.72. The first-order valence-corrected chi connectivity index (χ1v) is 6.13. The average molecular weight is 263 g/mol. The summed E-state index contributed by atoms with van der Waals surface area (Å²) in [6, 6.07) is 11.5. The van der Waals surface area contributed by atoms with E-state index < -0.39 is 0 Å². The largest absolute Gasteiger partial charge is 0.473 e. The van der Waals surface area contributed by atoms with Crippen LogP contribution in [-0.2, 0) is 13.2 Å². The van der Waals surface area contributed by atoms with Crippen molar-refractivity contribution >= 4 is 11.6 Å². The van der Waals surface area contributed by atoms with Gasteiger partial charge < -0.3 is 10.1 Å². The Labute approximate surface area is 112 Å². The van der Waals surface area contributed by atoms with E-state index in [0.717, 1.165) is 17.7 Å². The number of pyridine rings is 1. The number of hydrogen-bond donors (Lipinski definition) is 1. The lowest BCUT2D eigenvalue weighted by atomic mass is 10.2. The van der Waals surface area contributed by atoms with Gasteiger partial charge in [-0.1, -0.05) is 29.8 Å². The van der Waals surface area contributed by atoms with Gasteiger partial charge in [-0.2, -0.15) is 0 Å². The van der Waals surface area contributed by atoms with Gasteiger partial charge in [0.05, 0.1) is 0 Å². The molecule has 1 N–H and O–H groups in total. The number of nitrogens with one attached hydrogen (secondary N) is 1. The highest BCUT2D eigenvalue weighted by Gasteiger charge is 2.04. The van der Waals surface area contributed by atoms with Gasteiger partial charge in [-0.15, -0.1) is 0 Å². The maximum absolute atomic E-state index is 5.93. The summed E-state index contributed by atoms with van der Waals surface area (Å²) in [7, 11) is 1.90. The Morgan fingerprint density at radius 3 is 2.94 bits per heavy atom. The molecule has 4 heteroatoms. The summed E-state index contributed by atoms with van der Waals surface area (Å²) in [6.45, 7) is 1.20. The molecule has 0 aliphatic heterocycles. The molecule has 0 aliphatic carbocycles. The minimum Gasteiger partial charge on any atom is -0.473 e. The minimum absolute atomic E-state index is 0.467. The molecule has 0 unspecified atom stereocenters. The van der Waals surface area contributed by atoms with Crippen molar-refractivity contribution in [2.45, 2.75) is 13.2 Å². The fourth-order valence-corrected chi connectivity index (χ4v) is 1.87. The van der Waals surface area contributed by atoms with Crippen LogP contribution in [0.5, 0.6) is 5.88 Å². The van der Waals surface area contributed by atoms with Crippen LogP contribution >= 0.6 is 11.6 Å². The van der Waals surface area contributed by atoms with Crippen LogP contribution < -0.4 is 10.1 Å². The predicted molar refractivity (Wildman–Crippen MR) is 72.8 cm³/mol. The lowest BCUT2D eigenvalue weighted by Gasteiger charge is -2.10. The van der Waals surface area contributed by atoms with Gasteiger partial charge >= 0.3 is 0 Å². The van der Waals surface area contributed by atoms with Crippen molar-refractivity contribution in [2.24, 2.45) is 0 Å².